The second-order valence-corrected chi connectivity index (χ2v) is 8.81. The van der Waals surface area contributed by atoms with E-state index in [4.69, 9.17) is 0 Å². The molecule has 0 aromatic heterocycles. The van der Waals surface area contributed by atoms with Gasteiger partial charge in [-0.05, 0) is 38.6 Å². The Morgan fingerprint density at radius 2 is 1.53 bits per heavy atom. The van der Waals surface area contributed by atoms with Crippen LogP contribution in [0.4, 0.5) is 13.2 Å². The van der Waals surface area contributed by atoms with E-state index in [9.17, 15) is 30.0 Å². The van der Waals surface area contributed by atoms with E-state index < -0.39 is 30.6 Å². The van der Waals surface area contributed by atoms with Gasteiger partial charge in [0.25, 0.3) is 9.84 Å². The topological polar surface area (TPSA) is 80.3 Å². The maximum atomic E-state index is 12.3. The van der Waals surface area contributed by atoms with E-state index in [-0.39, 0.29) is 37.4 Å². The number of rotatable bonds is 4. The zero-order valence-corrected chi connectivity index (χ0v) is 11.9. The average molecular weight is 323 g/mol. The van der Waals surface area contributed by atoms with Crippen molar-refractivity contribution in [1.29, 1.82) is 0 Å². The van der Waals surface area contributed by atoms with Gasteiger partial charge in [0.2, 0.25) is 10.0 Å². The fourth-order valence-electron chi connectivity index (χ4n) is 2.19. The molecule has 1 saturated carbocycles. The monoisotopic (exact) mass is 323 g/mol. The molecule has 0 aromatic rings. The Labute approximate surface area is 110 Å². The lowest BCUT2D eigenvalue weighted by molar-refractivity contribution is -0.0449. The first-order valence-corrected chi connectivity index (χ1v) is 8.91. The molecule has 0 spiro atoms. The van der Waals surface area contributed by atoms with Gasteiger partial charge in [-0.1, -0.05) is 0 Å². The Kier molecular flexibility index (Phi) is 4.89. The first-order valence-electron chi connectivity index (χ1n) is 5.71. The van der Waals surface area contributed by atoms with Crippen molar-refractivity contribution >= 4 is 19.9 Å². The molecule has 1 rings (SSSR count). The fraction of sp³-hybridized carbons (Fsp3) is 1.00. The summed E-state index contributed by atoms with van der Waals surface area (Å²) in [6, 6.07) is 0. The second kappa shape index (κ2) is 5.57. The van der Waals surface area contributed by atoms with Gasteiger partial charge in [-0.25, -0.2) is 21.6 Å². The highest BCUT2D eigenvalue weighted by Crippen LogP contribution is 2.36. The van der Waals surface area contributed by atoms with E-state index >= 15 is 0 Å². The summed E-state index contributed by atoms with van der Waals surface area (Å²) in [7, 11) is -7.30. The molecule has 1 aliphatic carbocycles. The van der Waals surface area contributed by atoms with Gasteiger partial charge >= 0.3 is 5.51 Å². The Morgan fingerprint density at radius 3 is 1.89 bits per heavy atom. The lowest BCUT2D eigenvalue weighted by atomic mass is 9.90. The number of sulfonamides is 1. The van der Waals surface area contributed by atoms with Crippen LogP contribution in [-0.2, 0) is 19.9 Å². The Bertz CT molecular complexity index is 504. The summed E-state index contributed by atoms with van der Waals surface area (Å²) in [4.78, 5) is 0. The zero-order valence-electron chi connectivity index (χ0n) is 10.3. The summed E-state index contributed by atoms with van der Waals surface area (Å²) < 4.78 is 84.2. The molecule has 0 aliphatic heterocycles. The standard InChI is InChI=1S/C9H16F3NO4S2/c1-13-18(14,15)6-7-2-4-8(5-3-7)19(16,17)9(10,11)12/h7-8,13H,2-6H2,1H3/t7-,8+. The van der Waals surface area contributed by atoms with Gasteiger partial charge < -0.3 is 0 Å². The highest BCUT2D eigenvalue weighted by molar-refractivity contribution is 7.92. The molecule has 1 aliphatic rings. The summed E-state index contributed by atoms with van der Waals surface area (Å²) in [6.45, 7) is 0. The lowest BCUT2D eigenvalue weighted by Gasteiger charge is -2.28. The van der Waals surface area contributed by atoms with E-state index in [2.05, 4.69) is 4.72 Å². The van der Waals surface area contributed by atoms with Crippen LogP contribution >= 0.6 is 0 Å². The molecule has 0 saturated heterocycles. The maximum absolute atomic E-state index is 12.3. The van der Waals surface area contributed by atoms with E-state index in [0.29, 0.717) is 0 Å². The van der Waals surface area contributed by atoms with Gasteiger partial charge in [0.15, 0.2) is 0 Å². The molecule has 19 heavy (non-hydrogen) atoms. The molecular weight excluding hydrogens is 307 g/mol. The highest BCUT2D eigenvalue weighted by atomic mass is 32.2. The van der Waals surface area contributed by atoms with Gasteiger partial charge in [-0.3, -0.25) is 0 Å². The molecule has 10 heteroatoms. The third-order valence-electron chi connectivity index (χ3n) is 3.32. The predicted octanol–water partition coefficient (Wildman–Crippen LogP) is 1.03. The van der Waals surface area contributed by atoms with Crippen molar-refractivity contribution < 1.29 is 30.0 Å². The van der Waals surface area contributed by atoms with E-state index in [1.165, 1.54) is 7.05 Å². The first kappa shape index (κ1) is 16.7. The number of halogens is 3. The molecule has 0 heterocycles. The Balaban J connectivity index is 2.64. The van der Waals surface area contributed by atoms with Crippen LogP contribution in [0.25, 0.3) is 0 Å². The molecule has 114 valence electrons. The van der Waals surface area contributed by atoms with Gasteiger partial charge in [-0.15, -0.1) is 0 Å². The molecule has 0 aromatic carbocycles. The molecule has 0 amide bonds. The maximum Gasteiger partial charge on any atom is 0.497 e. The molecule has 0 unspecified atom stereocenters. The third kappa shape index (κ3) is 4.06. The largest absolute Gasteiger partial charge is 0.497 e. The zero-order chi connectivity index (χ0) is 14.9. The summed E-state index contributed by atoms with van der Waals surface area (Å²) >= 11 is 0. The fourth-order valence-corrected chi connectivity index (χ4v) is 4.58. The number of nitrogens with one attached hydrogen (secondary N) is 1. The predicted molar refractivity (Wildman–Crippen MR) is 63.6 cm³/mol. The molecule has 1 N–H and O–H groups in total. The minimum absolute atomic E-state index is 0.147. The summed E-state index contributed by atoms with van der Waals surface area (Å²) in [6.07, 6.45) is 0.0409. The van der Waals surface area contributed by atoms with E-state index in [0.717, 1.165) is 0 Å². The van der Waals surface area contributed by atoms with Crippen LogP contribution in [0.3, 0.4) is 0 Å². The molecule has 0 radical (unpaired) electrons. The van der Waals surface area contributed by atoms with Crippen molar-refractivity contribution in [3.05, 3.63) is 0 Å². The van der Waals surface area contributed by atoms with Crippen LogP contribution in [0, 0.1) is 5.92 Å². The van der Waals surface area contributed by atoms with Crippen molar-refractivity contribution in [3.8, 4) is 0 Å². The number of sulfone groups is 1. The average Bonchev–Trinajstić information content (AvgIpc) is 2.28. The minimum Gasteiger partial charge on any atom is -0.219 e. The summed E-state index contributed by atoms with van der Waals surface area (Å²) in [5.41, 5.74) is -5.23. The summed E-state index contributed by atoms with van der Waals surface area (Å²) in [5, 5.41) is -1.44. The molecule has 0 atom stereocenters. The molecule has 0 bridgehead atoms. The van der Waals surface area contributed by atoms with E-state index in [1.54, 1.807) is 0 Å². The van der Waals surface area contributed by atoms with Crippen LogP contribution in [-0.4, -0.2) is 40.4 Å². The number of alkyl halides is 3. The van der Waals surface area contributed by atoms with Gasteiger partial charge in [0.1, 0.15) is 0 Å². The number of hydrogen-bond acceptors (Lipinski definition) is 4. The van der Waals surface area contributed by atoms with Crippen molar-refractivity contribution in [2.75, 3.05) is 12.8 Å². The smallest absolute Gasteiger partial charge is 0.219 e. The van der Waals surface area contributed by atoms with Crippen LogP contribution in [0.15, 0.2) is 0 Å². The molecular formula is C9H16F3NO4S2. The van der Waals surface area contributed by atoms with E-state index in [1.807, 2.05) is 0 Å². The van der Waals surface area contributed by atoms with Crippen LogP contribution in [0.1, 0.15) is 25.7 Å². The quantitative estimate of drug-likeness (QED) is 0.838. The van der Waals surface area contributed by atoms with Crippen molar-refractivity contribution in [2.24, 2.45) is 5.92 Å². The van der Waals surface area contributed by atoms with Gasteiger partial charge in [0.05, 0.1) is 11.0 Å². The van der Waals surface area contributed by atoms with Crippen LogP contribution in [0.5, 0.6) is 0 Å². The van der Waals surface area contributed by atoms with Crippen LogP contribution < -0.4 is 4.72 Å². The van der Waals surface area contributed by atoms with Crippen molar-refractivity contribution in [2.45, 2.75) is 36.4 Å². The van der Waals surface area contributed by atoms with Crippen LogP contribution in [0.2, 0.25) is 0 Å². The Morgan fingerprint density at radius 1 is 1.05 bits per heavy atom. The lowest BCUT2D eigenvalue weighted by Crippen LogP contribution is -2.38. The Hall–Kier alpha value is -0.350. The van der Waals surface area contributed by atoms with Crippen molar-refractivity contribution in [1.82, 2.24) is 4.72 Å². The number of hydrogen-bond donors (Lipinski definition) is 1. The summed E-state index contributed by atoms with van der Waals surface area (Å²) in [5.74, 6) is -0.473. The van der Waals surface area contributed by atoms with Gasteiger partial charge in [0, 0.05) is 0 Å². The molecule has 1 fully saturated rings. The first-order chi connectivity index (χ1) is 8.49. The second-order valence-electron chi connectivity index (χ2n) is 4.62. The highest BCUT2D eigenvalue weighted by Gasteiger charge is 2.51. The van der Waals surface area contributed by atoms with Crippen molar-refractivity contribution in [3.63, 3.8) is 0 Å². The molecule has 5 nitrogen and oxygen atoms in total. The third-order valence-corrected chi connectivity index (χ3v) is 6.85. The SMILES string of the molecule is CNS(=O)(=O)C[C@H]1CC[C@@H](S(=O)(=O)C(F)(F)F)CC1. The minimum atomic E-state index is -5.23. The van der Waals surface area contributed by atoms with Gasteiger partial charge in [-0.2, -0.15) is 13.2 Å². The normalized spacial score (nSPS) is 26.3.